The minimum Gasteiger partial charge on any atom is -0.211 e. The van der Waals surface area contributed by atoms with Crippen molar-refractivity contribution in [3.63, 3.8) is 0 Å². The number of hydrogen-bond donors (Lipinski definition) is 0. The van der Waals surface area contributed by atoms with Gasteiger partial charge in [-0.05, 0) is 51.4 Å². The zero-order chi connectivity index (χ0) is 13.6. The molecule has 0 aromatic carbocycles. The summed E-state index contributed by atoms with van der Waals surface area (Å²) in [5, 5.41) is 0. The van der Waals surface area contributed by atoms with Crippen molar-refractivity contribution in [3.8, 4) is 0 Å². The molecule has 0 N–H and O–H groups in total. The molecule has 0 fully saturated rings. The third-order valence-corrected chi connectivity index (χ3v) is 3.87. The fourth-order valence-corrected chi connectivity index (χ4v) is 2.52. The van der Waals surface area contributed by atoms with E-state index in [1.54, 1.807) is 6.08 Å². The lowest BCUT2D eigenvalue weighted by molar-refractivity contribution is 0.274. The maximum atomic E-state index is 10.7. The third-order valence-electron chi connectivity index (χ3n) is 3.87. The Labute approximate surface area is 111 Å². The van der Waals surface area contributed by atoms with E-state index >= 15 is 0 Å². The summed E-state index contributed by atoms with van der Waals surface area (Å²) in [5.41, 5.74) is 1.17. The molecule has 2 atom stereocenters. The van der Waals surface area contributed by atoms with Crippen molar-refractivity contribution in [1.82, 2.24) is 0 Å². The van der Waals surface area contributed by atoms with Gasteiger partial charge in [0.1, 0.15) is 0 Å². The molecule has 1 aliphatic carbocycles. The molecule has 1 rings (SSSR count). The zero-order valence-electron chi connectivity index (χ0n) is 12.1. The van der Waals surface area contributed by atoms with E-state index in [1.807, 2.05) is 0 Å². The van der Waals surface area contributed by atoms with Crippen molar-refractivity contribution in [3.05, 3.63) is 23.8 Å². The molecule has 0 saturated heterocycles. The second-order valence-electron chi connectivity index (χ2n) is 5.96. The lowest BCUT2D eigenvalue weighted by Gasteiger charge is -2.34. The van der Waals surface area contributed by atoms with Gasteiger partial charge < -0.3 is 0 Å². The van der Waals surface area contributed by atoms with E-state index in [0.29, 0.717) is 11.8 Å². The van der Waals surface area contributed by atoms with E-state index in [4.69, 9.17) is 0 Å². The number of hydrogen-bond acceptors (Lipinski definition) is 2. The van der Waals surface area contributed by atoms with Crippen LogP contribution in [0.4, 0.5) is 0 Å². The molecular weight excluding hydrogens is 222 g/mol. The first kappa shape index (κ1) is 14.9. The number of rotatable bonds is 5. The maximum Gasteiger partial charge on any atom is 0.235 e. The number of allylic oxidation sites excluding steroid dienone is 3. The highest BCUT2D eigenvalue weighted by Crippen LogP contribution is 2.36. The first-order chi connectivity index (χ1) is 8.48. The third kappa shape index (κ3) is 4.27. The van der Waals surface area contributed by atoms with Crippen LogP contribution in [0.5, 0.6) is 0 Å². The molecule has 0 heterocycles. The van der Waals surface area contributed by atoms with Gasteiger partial charge in [0, 0.05) is 0 Å². The van der Waals surface area contributed by atoms with Gasteiger partial charge in [-0.1, -0.05) is 37.6 Å². The minimum absolute atomic E-state index is 0.287. The van der Waals surface area contributed by atoms with Gasteiger partial charge in [0.25, 0.3) is 0 Å². The van der Waals surface area contributed by atoms with Gasteiger partial charge in [-0.3, -0.25) is 0 Å². The van der Waals surface area contributed by atoms with Crippen LogP contribution in [-0.2, 0) is 4.79 Å². The Kier molecular flexibility index (Phi) is 5.55. The van der Waals surface area contributed by atoms with Crippen molar-refractivity contribution < 1.29 is 4.79 Å². The number of isocyanates is 1. The Morgan fingerprint density at radius 1 is 1.61 bits per heavy atom. The van der Waals surface area contributed by atoms with Crippen LogP contribution in [0, 0.1) is 11.8 Å². The molecule has 100 valence electrons. The van der Waals surface area contributed by atoms with Gasteiger partial charge in [0.05, 0.1) is 5.54 Å². The summed E-state index contributed by atoms with van der Waals surface area (Å²) in [4.78, 5) is 14.8. The quantitative estimate of drug-likeness (QED) is 0.401. The van der Waals surface area contributed by atoms with Crippen molar-refractivity contribution in [1.29, 1.82) is 0 Å². The first-order valence-electron chi connectivity index (χ1n) is 6.89. The van der Waals surface area contributed by atoms with Crippen LogP contribution >= 0.6 is 0 Å². The molecule has 2 nitrogen and oxygen atoms in total. The van der Waals surface area contributed by atoms with Crippen molar-refractivity contribution in [2.24, 2.45) is 16.8 Å². The van der Waals surface area contributed by atoms with Crippen molar-refractivity contribution in [2.45, 2.75) is 58.9 Å². The molecule has 0 aliphatic heterocycles. The second kappa shape index (κ2) is 6.70. The fraction of sp³-hybridized carbons (Fsp3) is 0.688. The molecule has 0 amide bonds. The molecule has 18 heavy (non-hydrogen) atoms. The predicted octanol–water partition coefficient (Wildman–Crippen LogP) is 4.43. The number of nitrogens with zero attached hydrogens (tertiary/aromatic N) is 1. The topological polar surface area (TPSA) is 29.4 Å². The van der Waals surface area contributed by atoms with E-state index in [2.05, 4.69) is 50.9 Å². The van der Waals surface area contributed by atoms with Crippen LogP contribution < -0.4 is 0 Å². The summed E-state index contributed by atoms with van der Waals surface area (Å²) in [6.45, 7) is 8.57. The Morgan fingerprint density at radius 2 is 2.33 bits per heavy atom. The molecule has 0 radical (unpaired) electrons. The van der Waals surface area contributed by atoms with Gasteiger partial charge >= 0.3 is 0 Å². The molecule has 0 aromatic rings. The summed E-state index contributed by atoms with van der Waals surface area (Å²) in [7, 11) is 0. The standard InChI is InChI=1S/C16H25NO/c1-13(2)6-5-11-16(4,17-12-18)15-9-7-14(3)8-10-15/h5-7,13,15H,8-11H2,1-4H3/b6-5+/t15-,16+/m0/s1. The van der Waals surface area contributed by atoms with Gasteiger partial charge in [0.2, 0.25) is 6.08 Å². The highest BCUT2D eigenvalue weighted by Gasteiger charge is 2.33. The highest BCUT2D eigenvalue weighted by molar-refractivity contribution is 5.35. The predicted molar refractivity (Wildman–Crippen MR) is 76.2 cm³/mol. The Balaban J connectivity index is 2.77. The summed E-state index contributed by atoms with van der Waals surface area (Å²) in [5.74, 6) is 1.00. The van der Waals surface area contributed by atoms with E-state index < -0.39 is 0 Å². The average molecular weight is 247 g/mol. The van der Waals surface area contributed by atoms with Gasteiger partial charge in [-0.15, -0.1) is 0 Å². The summed E-state index contributed by atoms with van der Waals surface area (Å²) < 4.78 is 0. The smallest absolute Gasteiger partial charge is 0.211 e. The van der Waals surface area contributed by atoms with E-state index in [-0.39, 0.29) is 5.54 Å². The van der Waals surface area contributed by atoms with Crippen LogP contribution in [0.25, 0.3) is 0 Å². The lowest BCUT2D eigenvalue weighted by atomic mass is 9.75. The monoisotopic (exact) mass is 247 g/mol. The van der Waals surface area contributed by atoms with E-state index in [0.717, 1.165) is 25.7 Å². The Bertz CT molecular complexity index is 375. The summed E-state index contributed by atoms with van der Waals surface area (Å²) in [6.07, 6.45) is 12.5. The lowest BCUT2D eigenvalue weighted by Crippen LogP contribution is -2.33. The van der Waals surface area contributed by atoms with Crippen LogP contribution in [0.2, 0.25) is 0 Å². The molecule has 0 aromatic heterocycles. The number of aliphatic imine (C=N–C) groups is 1. The molecule has 0 saturated carbocycles. The molecular formula is C16H25NO. The largest absolute Gasteiger partial charge is 0.235 e. The second-order valence-corrected chi connectivity index (χ2v) is 5.96. The van der Waals surface area contributed by atoms with Gasteiger partial charge in [0.15, 0.2) is 0 Å². The molecule has 1 aliphatic rings. The number of carbonyl (C=O) groups excluding carboxylic acids is 1. The Hall–Kier alpha value is -1.14. The maximum absolute atomic E-state index is 10.7. The van der Waals surface area contributed by atoms with Crippen LogP contribution in [0.1, 0.15) is 53.4 Å². The summed E-state index contributed by atoms with van der Waals surface area (Å²) >= 11 is 0. The Morgan fingerprint density at radius 3 is 2.83 bits per heavy atom. The molecule has 0 spiro atoms. The normalized spacial score (nSPS) is 23.6. The van der Waals surface area contributed by atoms with Gasteiger partial charge in [-0.25, -0.2) is 4.79 Å². The minimum atomic E-state index is -0.287. The van der Waals surface area contributed by atoms with Crippen LogP contribution in [0.3, 0.4) is 0 Å². The van der Waals surface area contributed by atoms with Crippen LogP contribution in [-0.4, -0.2) is 11.6 Å². The van der Waals surface area contributed by atoms with E-state index in [1.165, 1.54) is 5.57 Å². The van der Waals surface area contributed by atoms with Gasteiger partial charge in [-0.2, -0.15) is 4.99 Å². The van der Waals surface area contributed by atoms with Crippen molar-refractivity contribution >= 4 is 6.08 Å². The molecule has 2 heteroatoms. The average Bonchev–Trinajstić information content (AvgIpc) is 2.29. The fourth-order valence-electron chi connectivity index (χ4n) is 2.52. The zero-order valence-corrected chi connectivity index (χ0v) is 12.1. The SMILES string of the molecule is CC1=CC[C@H]([C@@](C)(C/C=C/C(C)C)N=C=O)CC1. The van der Waals surface area contributed by atoms with Crippen molar-refractivity contribution in [2.75, 3.05) is 0 Å². The molecule has 0 bridgehead atoms. The summed E-state index contributed by atoms with van der Waals surface area (Å²) in [6, 6.07) is 0. The molecule has 0 unspecified atom stereocenters. The first-order valence-corrected chi connectivity index (χ1v) is 6.89. The highest BCUT2D eigenvalue weighted by atomic mass is 16.1. The van der Waals surface area contributed by atoms with Crippen LogP contribution in [0.15, 0.2) is 28.8 Å². The van der Waals surface area contributed by atoms with E-state index in [9.17, 15) is 4.79 Å².